The molecule has 4 atom stereocenters. The van der Waals surface area contributed by atoms with E-state index in [9.17, 15) is 24.5 Å². The van der Waals surface area contributed by atoms with Gasteiger partial charge in [-0.2, -0.15) is 0 Å². The van der Waals surface area contributed by atoms with Crippen LogP contribution in [0.3, 0.4) is 0 Å². The zero-order valence-corrected chi connectivity index (χ0v) is 31.3. The van der Waals surface area contributed by atoms with Gasteiger partial charge in [-0.15, -0.1) is 0 Å². The number of phosphoric ester groups is 1. The predicted molar refractivity (Wildman–Crippen MR) is 191 cm³/mol. The molecule has 0 aromatic carbocycles. The minimum absolute atomic E-state index is 0.0186. The summed E-state index contributed by atoms with van der Waals surface area (Å²) in [6.45, 7) is 4.53. The molecule has 4 unspecified atom stereocenters. The maximum absolute atomic E-state index is 12.8. The molecule has 0 aliphatic carbocycles. The van der Waals surface area contributed by atoms with Crippen LogP contribution in [0.1, 0.15) is 155 Å². The van der Waals surface area contributed by atoms with Crippen molar-refractivity contribution in [1.82, 2.24) is 5.32 Å². The molecular formula is C36H74N2O7P+. The SMILES string of the molecule is CCCCCCCCC/C=C/CCCC(O)C(O)C(COP(=O)(O)OCC[N+](C)(C)C)NC(=O)CCCCCCCCCCCC. The average molecular weight is 678 g/mol. The lowest BCUT2D eigenvalue weighted by Gasteiger charge is -2.28. The Morgan fingerprint density at radius 2 is 1.22 bits per heavy atom. The van der Waals surface area contributed by atoms with Crippen LogP contribution in [0.4, 0.5) is 0 Å². The van der Waals surface area contributed by atoms with Gasteiger partial charge in [0.1, 0.15) is 19.3 Å². The van der Waals surface area contributed by atoms with Crippen molar-refractivity contribution in [2.75, 3.05) is 40.9 Å². The number of hydrogen-bond acceptors (Lipinski definition) is 6. The number of nitrogens with zero attached hydrogens (tertiary/aromatic N) is 1. The molecule has 0 fully saturated rings. The van der Waals surface area contributed by atoms with Crippen molar-refractivity contribution in [2.24, 2.45) is 0 Å². The number of likely N-dealkylation sites (N-methyl/N-ethyl adjacent to an activating group) is 1. The first-order valence-electron chi connectivity index (χ1n) is 18.6. The summed E-state index contributed by atoms with van der Waals surface area (Å²) in [5.74, 6) is -0.272. The predicted octanol–water partition coefficient (Wildman–Crippen LogP) is 8.21. The topological polar surface area (TPSA) is 125 Å². The lowest BCUT2D eigenvalue weighted by Crippen LogP contribution is -2.51. The van der Waals surface area contributed by atoms with Gasteiger partial charge < -0.3 is 24.9 Å². The van der Waals surface area contributed by atoms with Crippen LogP contribution in [0.2, 0.25) is 0 Å². The minimum atomic E-state index is -4.40. The quantitative estimate of drug-likeness (QED) is 0.0239. The van der Waals surface area contributed by atoms with Crippen molar-refractivity contribution in [3.05, 3.63) is 12.2 Å². The molecule has 10 heteroatoms. The Balaban J connectivity index is 4.70. The molecule has 0 radical (unpaired) electrons. The van der Waals surface area contributed by atoms with E-state index in [0.29, 0.717) is 23.9 Å². The molecule has 0 heterocycles. The first-order valence-corrected chi connectivity index (χ1v) is 20.1. The van der Waals surface area contributed by atoms with Crippen molar-refractivity contribution < 1.29 is 38.0 Å². The van der Waals surface area contributed by atoms with Crippen LogP contribution in [-0.4, -0.2) is 84.6 Å². The normalized spacial score (nSPS) is 15.6. The highest BCUT2D eigenvalue weighted by Gasteiger charge is 2.31. The van der Waals surface area contributed by atoms with Crippen LogP contribution in [0.25, 0.3) is 0 Å². The largest absolute Gasteiger partial charge is 0.472 e. The van der Waals surface area contributed by atoms with E-state index in [1.807, 2.05) is 21.1 Å². The summed E-state index contributed by atoms with van der Waals surface area (Å²) in [6, 6.07) is -1.04. The standard InChI is InChI=1S/C36H73N2O7P/c1-6-8-10-12-14-16-18-19-20-22-24-26-28-34(39)36(41)33(32-45-46(42,43)44-31-30-38(3,4)5)37-35(40)29-27-25-23-21-17-15-13-11-9-7-2/h20,22,33-34,36,39,41H,6-19,21,23-32H2,1-5H3,(H-,37,40,42,43)/p+1/b22-20+. The van der Waals surface area contributed by atoms with Crippen molar-refractivity contribution in [1.29, 1.82) is 0 Å². The van der Waals surface area contributed by atoms with Gasteiger partial charge in [-0.05, 0) is 38.5 Å². The summed E-state index contributed by atoms with van der Waals surface area (Å²) < 4.78 is 23.3. The van der Waals surface area contributed by atoms with Crippen LogP contribution in [0.5, 0.6) is 0 Å². The van der Waals surface area contributed by atoms with Crippen LogP contribution in [0.15, 0.2) is 12.2 Å². The van der Waals surface area contributed by atoms with Gasteiger partial charge in [0.05, 0.1) is 39.9 Å². The molecule has 274 valence electrons. The maximum Gasteiger partial charge on any atom is 0.472 e. The number of phosphoric acid groups is 1. The molecule has 0 bridgehead atoms. The van der Waals surface area contributed by atoms with Crippen molar-refractivity contribution >= 4 is 13.7 Å². The third-order valence-electron chi connectivity index (χ3n) is 8.36. The number of aliphatic hydroxyl groups excluding tert-OH is 2. The van der Waals surface area contributed by atoms with Crippen molar-refractivity contribution in [3.63, 3.8) is 0 Å². The maximum atomic E-state index is 12.8. The molecule has 1 amide bonds. The van der Waals surface area contributed by atoms with Crippen LogP contribution >= 0.6 is 7.82 Å². The van der Waals surface area contributed by atoms with E-state index >= 15 is 0 Å². The lowest BCUT2D eigenvalue weighted by atomic mass is 10.0. The van der Waals surface area contributed by atoms with Crippen molar-refractivity contribution in [2.45, 2.75) is 173 Å². The molecule has 0 saturated carbocycles. The van der Waals surface area contributed by atoms with E-state index in [4.69, 9.17) is 9.05 Å². The second-order valence-electron chi connectivity index (χ2n) is 14.1. The highest BCUT2D eigenvalue weighted by Crippen LogP contribution is 2.43. The van der Waals surface area contributed by atoms with Crippen molar-refractivity contribution in [3.8, 4) is 0 Å². The number of allylic oxidation sites excluding steroid dienone is 2. The number of quaternary nitrogens is 1. The Kier molecular flexibility index (Phi) is 28.6. The first-order chi connectivity index (χ1) is 21.9. The van der Waals surface area contributed by atoms with E-state index in [2.05, 4.69) is 31.3 Å². The van der Waals surface area contributed by atoms with Crippen LogP contribution in [-0.2, 0) is 18.4 Å². The summed E-state index contributed by atoms with van der Waals surface area (Å²) >= 11 is 0. The highest BCUT2D eigenvalue weighted by atomic mass is 31.2. The third-order valence-corrected chi connectivity index (χ3v) is 9.34. The Morgan fingerprint density at radius 1 is 0.739 bits per heavy atom. The molecular weight excluding hydrogens is 603 g/mol. The van der Waals surface area contributed by atoms with Gasteiger partial charge in [-0.3, -0.25) is 13.8 Å². The van der Waals surface area contributed by atoms with E-state index < -0.39 is 32.7 Å². The lowest BCUT2D eigenvalue weighted by molar-refractivity contribution is -0.870. The molecule has 0 aliphatic rings. The molecule has 0 aromatic rings. The molecule has 0 rings (SSSR count). The summed E-state index contributed by atoms with van der Waals surface area (Å²) in [6.07, 6.45) is 25.6. The smallest absolute Gasteiger partial charge is 0.390 e. The van der Waals surface area contributed by atoms with Gasteiger partial charge >= 0.3 is 7.82 Å². The molecule has 0 spiro atoms. The van der Waals surface area contributed by atoms with Gasteiger partial charge in [-0.1, -0.05) is 122 Å². The van der Waals surface area contributed by atoms with Crippen LogP contribution < -0.4 is 5.32 Å². The fourth-order valence-electron chi connectivity index (χ4n) is 5.26. The number of carbonyl (C=O) groups excluding carboxylic acids is 1. The van der Waals surface area contributed by atoms with E-state index in [0.717, 1.165) is 32.1 Å². The van der Waals surface area contributed by atoms with E-state index in [-0.39, 0.29) is 18.9 Å². The summed E-state index contributed by atoms with van der Waals surface area (Å²) in [5.41, 5.74) is 0. The van der Waals surface area contributed by atoms with E-state index in [1.54, 1.807) is 0 Å². The molecule has 9 nitrogen and oxygen atoms in total. The fourth-order valence-corrected chi connectivity index (χ4v) is 5.99. The van der Waals surface area contributed by atoms with Gasteiger partial charge in [-0.25, -0.2) is 4.57 Å². The second kappa shape index (κ2) is 29.1. The van der Waals surface area contributed by atoms with E-state index in [1.165, 1.54) is 89.9 Å². The number of rotatable bonds is 33. The highest BCUT2D eigenvalue weighted by molar-refractivity contribution is 7.47. The number of hydrogen-bond donors (Lipinski definition) is 4. The molecule has 0 aromatic heterocycles. The fraction of sp³-hybridized carbons (Fsp3) is 0.917. The molecule has 4 N–H and O–H groups in total. The molecule has 0 saturated heterocycles. The number of carbonyl (C=O) groups is 1. The summed E-state index contributed by atoms with van der Waals surface area (Å²) in [5, 5.41) is 24.4. The second-order valence-corrected chi connectivity index (χ2v) is 15.5. The monoisotopic (exact) mass is 678 g/mol. The molecule has 46 heavy (non-hydrogen) atoms. The van der Waals surface area contributed by atoms with Gasteiger partial charge in [0, 0.05) is 6.42 Å². The zero-order chi connectivity index (χ0) is 34.5. The Morgan fingerprint density at radius 3 is 1.74 bits per heavy atom. The average Bonchev–Trinajstić information content (AvgIpc) is 2.99. The minimum Gasteiger partial charge on any atom is -0.390 e. The number of nitrogens with one attached hydrogen (secondary N) is 1. The first kappa shape index (κ1) is 45.2. The Labute approximate surface area is 283 Å². The van der Waals surface area contributed by atoms with Gasteiger partial charge in [0.25, 0.3) is 0 Å². The number of amides is 1. The summed E-state index contributed by atoms with van der Waals surface area (Å²) in [7, 11) is 1.42. The Bertz CT molecular complexity index is 791. The molecule has 0 aliphatic heterocycles. The van der Waals surface area contributed by atoms with Gasteiger partial charge in [0.15, 0.2) is 0 Å². The van der Waals surface area contributed by atoms with Crippen LogP contribution in [0, 0.1) is 0 Å². The van der Waals surface area contributed by atoms with Gasteiger partial charge in [0.2, 0.25) is 5.91 Å². The third kappa shape index (κ3) is 29.3. The number of unbranched alkanes of at least 4 members (excludes halogenated alkanes) is 17. The Hall–Kier alpha value is -0.800. The zero-order valence-electron chi connectivity index (χ0n) is 30.4. The number of aliphatic hydroxyl groups is 2. The summed E-state index contributed by atoms with van der Waals surface area (Å²) in [4.78, 5) is 22.9.